The highest BCUT2D eigenvalue weighted by atomic mass is 16.1. The van der Waals surface area contributed by atoms with Crippen LogP contribution in [0, 0.1) is 0 Å². The molecule has 0 saturated carbocycles. The van der Waals surface area contributed by atoms with Crippen LogP contribution in [0.1, 0.15) is 36.3 Å². The van der Waals surface area contributed by atoms with Crippen LogP contribution in [0.5, 0.6) is 0 Å². The highest BCUT2D eigenvalue weighted by Gasteiger charge is 1.98. The first kappa shape index (κ1) is 8.91. The van der Waals surface area contributed by atoms with E-state index in [2.05, 4.69) is 11.9 Å². The third kappa shape index (κ3) is 2.16. The largest absolute Gasteiger partial charge is 0.294 e. The number of pyridine rings is 1. The van der Waals surface area contributed by atoms with Crippen molar-refractivity contribution in [1.29, 1.82) is 0 Å². The number of carbonyl (C=O) groups is 1. The van der Waals surface area contributed by atoms with Gasteiger partial charge in [-0.15, -0.1) is 0 Å². The molecule has 0 spiro atoms. The zero-order valence-corrected chi connectivity index (χ0v) is 7.50. The van der Waals surface area contributed by atoms with Gasteiger partial charge in [-0.3, -0.25) is 9.78 Å². The van der Waals surface area contributed by atoms with E-state index in [0.29, 0.717) is 5.56 Å². The Balaban J connectivity index is 2.78. The van der Waals surface area contributed by atoms with Crippen LogP contribution in [0.15, 0.2) is 18.3 Å². The predicted octanol–water partition coefficient (Wildman–Crippen LogP) is 2.24. The molecule has 64 valence electrons. The molecule has 0 aliphatic rings. The van der Waals surface area contributed by atoms with Crippen LogP contribution in [-0.4, -0.2) is 10.8 Å². The molecule has 0 aromatic carbocycles. The first-order valence-electron chi connectivity index (χ1n) is 4.20. The van der Waals surface area contributed by atoms with Crippen molar-refractivity contribution in [2.75, 3.05) is 0 Å². The highest BCUT2D eigenvalue weighted by Crippen LogP contribution is 2.02. The maximum atomic E-state index is 10.9. The summed E-state index contributed by atoms with van der Waals surface area (Å²) >= 11 is 0. The first-order valence-corrected chi connectivity index (χ1v) is 4.20. The summed E-state index contributed by atoms with van der Waals surface area (Å²) in [5.41, 5.74) is 1.75. The van der Waals surface area contributed by atoms with E-state index >= 15 is 0 Å². The minimum absolute atomic E-state index is 0.0746. The van der Waals surface area contributed by atoms with Gasteiger partial charge in [0, 0.05) is 17.5 Å². The van der Waals surface area contributed by atoms with Gasteiger partial charge in [0.15, 0.2) is 5.78 Å². The molecule has 0 N–H and O–H groups in total. The lowest BCUT2D eigenvalue weighted by Gasteiger charge is -1.98. The topological polar surface area (TPSA) is 30.0 Å². The molecule has 1 rings (SSSR count). The van der Waals surface area contributed by atoms with Gasteiger partial charge < -0.3 is 0 Å². The lowest BCUT2D eigenvalue weighted by molar-refractivity contribution is 0.101. The van der Waals surface area contributed by atoms with Crippen molar-refractivity contribution in [3.63, 3.8) is 0 Å². The molecule has 2 nitrogen and oxygen atoms in total. The Kier molecular flexibility index (Phi) is 2.97. The Labute approximate surface area is 72.6 Å². The van der Waals surface area contributed by atoms with Gasteiger partial charge in [-0.25, -0.2) is 0 Å². The second kappa shape index (κ2) is 4.00. The van der Waals surface area contributed by atoms with Gasteiger partial charge in [0.05, 0.1) is 0 Å². The van der Waals surface area contributed by atoms with Gasteiger partial charge in [-0.1, -0.05) is 13.3 Å². The first-order chi connectivity index (χ1) is 5.74. The van der Waals surface area contributed by atoms with Crippen LogP contribution in [0.25, 0.3) is 0 Å². The summed E-state index contributed by atoms with van der Waals surface area (Å²) in [5.74, 6) is 0.0746. The second-order valence-electron chi connectivity index (χ2n) is 2.84. The maximum Gasteiger partial charge on any atom is 0.161 e. The van der Waals surface area contributed by atoms with Crippen molar-refractivity contribution in [3.8, 4) is 0 Å². The van der Waals surface area contributed by atoms with Crippen molar-refractivity contribution < 1.29 is 4.79 Å². The van der Waals surface area contributed by atoms with E-state index in [-0.39, 0.29) is 5.78 Å². The molecule has 0 aliphatic carbocycles. The Bertz CT molecular complexity index is 264. The molecule has 1 aromatic rings. The summed E-state index contributed by atoms with van der Waals surface area (Å²) in [4.78, 5) is 15.0. The molecule has 0 unspecified atom stereocenters. The predicted molar refractivity (Wildman–Crippen MR) is 48.2 cm³/mol. The number of Topliss-reactive ketones (excluding diaryl/α,β-unsaturated/α-hetero) is 1. The van der Waals surface area contributed by atoms with Gasteiger partial charge in [-0.05, 0) is 25.5 Å². The molecule has 0 fully saturated rings. The Morgan fingerprint density at radius 2 is 2.25 bits per heavy atom. The molecule has 0 aliphatic heterocycles. The Morgan fingerprint density at radius 3 is 2.67 bits per heavy atom. The van der Waals surface area contributed by atoms with Gasteiger partial charge in [0.25, 0.3) is 0 Å². The monoisotopic (exact) mass is 163 g/mol. The minimum atomic E-state index is 0.0746. The summed E-state index contributed by atoms with van der Waals surface area (Å²) < 4.78 is 0. The van der Waals surface area contributed by atoms with Gasteiger partial charge in [0.2, 0.25) is 0 Å². The summed E-state index contributed by atoms with van der Waals surface area (Å²) in [5, 5.41) is 0. The van der Waals surface area contributed by atoms with Gasteiger partial charge in [-0.2, -0.15) is 0 Å². The van der Waals surface area contributed by atoms with Gasteiger partial charge >= 0.3 is 0 Å². The lowest BCUT2D eigenvalue weighted by Crippen LogP contribution is -1.95. The third-order valence-corrected chi connectivity index (χ3v) is 1.74. The van der Waals surface area contributed by atoms with Crippen molar-refractivity contribution in [2.45, 2.75) is 26.7 Å². The average molecular weight is 163 g/mol. The zero-order valence-electron chi connectivity index (χ0n) is 7.50. The highest BCUT2D eigenvalue weighted by molar-refractivity contribution is 5.93. The zero-order chi connectivity index (χ0) is 8.97. The Morgan fingerprint density at radius 1 is 1.50 bits per heavy atom. The van der Waals surface area contributed by atoms with E-state index in [1.54, 1.807) is 13.1 Å². The number of hydrogen-bond donors (Lipinski definition) is 0. The molecule has 0 bridgehead atoms. The van der Waals surface area contributed by atoms with Crippen LogP contribution in [-0.2, 0) is 6.42 Å². The normalized spacial score (nSPS) is 9.83. The molecule has 12 heavy (non-hydrogen) atoms. The second-order valence-corrected chi connectivity index (χ2v) is 2.84. The molecule has 0 amide bonds. The summed E-state index contributed by atoms with van der Waals surface area (Å²) in [6, 6.07) is 3.75. The molecule has 2 heteroatoms. The molecule has 0 saturated heterocycles. The van der Waals surface area contributed by atoms with Crippen molar-refractivity contribution in [1.82, 2.24) is 4.98 Å². The number of hydrogen-bond acceptors (Lipinski definition) is 2. The molecule has 0 atom stereocenters. The number of rotatable bonds is 3. The summed E-state index contributed by atoms with van der Waals surface area (Å²) in [6.45, 7) is 3.66. The van der Waals surface area contributed by atoms with E-state index < -0.39 is 0 Å². The molecule has 0 radical (unpaired) electrons. The fourth-order valence-corrected chi connectivity index (χ4v) is 1.04. The fourth-order valence-electron chi connectivity index (χ4n) is 1.04. The molecule has 1 aromatic heterocycles. The number of ketones is 1. The van der Waals surface area contributed by atoms with Crippen LogP contribution in [0.2, 0.25) is 0 Å². The van der Waals surface area contributed by atoms with Crippen LogP contribution >= 0.6 is 0 Å². The Hall–Kier alpha value is -1.18. The van der Waals surface area contributed by atoms with E-state index in [0.717, 1.165) is 18.5 Å². The minimum Gasteiger partial charge on any atom is -0.294 e. The smallest absolute Gasteiger partial charge is 0.161 e. The van der Waals surface area contributed by atoms with Crippen LogP contribution < -0.4 is 0 Å². The summed E-state index contributed by atoms with van der Waals surface area (Å²) in [6.07, 6.45) is 3.72. The standard InChI is InChI=1S/C10H13NO/c1-3-4-10-6-5-9(7-11-10)8(2)12/h5-7H,3-4H2,1-2H3. The third-order valence-electron chi connectivity index (χ3n) is 1.74. The van der Waals surface area contributed by atoms with E-state index in [1.165, 1.54) is 0 Å². The van der Waals surface area contributed by atoms with Crippen LogP contribution in [0.3, 0.4) is 0 Å². The van der Waals surface area contributed by atoms with Crippen molar-refractivity contribution in [3.05, 3.63) is 29.6 Å². The summed E-state index contributed by atoms with van der Waals surface area (Å²) in [7, 11) is 0. The maximum absolute atomic E-state index is 10.9. The molecular weight excluding hydrogens is 150 g/mol. The van der Waals surface area contributed by atoms with Crippen molar-refractivity contribution >= 4 is 5.78 Å². The van der Waals surface area contributed by atoms with E-state index in [9.17, 15) is 4.79 Å². The number of aryl methyl sites for hydroxylation is 1. The fraction of sp³-hybridized carbons (Fsp3) is 0.400. The average Bonchev–Trinajstić information content (AvgIpc) is 2.06. The SMILES string of the molecule is CCCc1ccc(C(C)=O)cn1. The number of carbonyl (C=O) groups excluding carboxylic acids is 1. The molecular formula is C10H13NO. The number of nitrogens with zero attached hydrogens (tertiary/aromatic N) is 1. The van der Waals surface area contributed by atoms with Gasteiger partial charge in [0.1, 0.15) is 0 Å². The van der Waals surface area contributed by atoms with Crippen molar-refractivity contribution in [2.24, 2.45) is 0 Å². The van der Waals surface area contributed by atoms with E-state index in [1.807, 2.05) is 12.1 Å². The van der Waals surface area contributed by atoms with Crippen LogP contribution in [0.4, 0.5) is 0 Å². The lowest BCUT2D eigenvalue weighted by atomic mass is 10.1. The molecule has 1 heterocycles. The quantitative estimate of drug-likeness (QED) is 0.639. The van der Waals surface area contributed by atoms with E-state index in [4.69, 9.17) is 0 Å². The number of aromatic nitrogens is 1.